The Labute approximate surface area is 142 Å². The van der Waals surface area contributed by atoms with Crippen LogP contribution in [-0.4, -0.2) is 27.2 Å². The summed E-state index contributed by atoms with van der Waals surface area (Å²) in [6.45, 7) is 9.30. The molecule has 0 radical (unpaired) electrons. The number of hydrogen-bond acceptors (Lipinski definition) is 2. The first kappa shape index (κ1) is 18.0. The van der Waals surface area contributed by atoms with Gasteiger partial charge in [0.2, 0.25) is 0 Å². The molecule has 1 aromatic carbocycles. The first-order valence-electron chi connectivity index (χ1n) is 8.01. The highest BCUT2D eigenvalue weighted by Crippen LogP contribution is 2.24. The first-order valence-corrected chi connectivity index (χ1v) is 8.39. The van der Waals surface area contributed by atoms with E-state index in [1.54, 1.807) is 6.07 Å². The lowest BCUT2D eigenvalue weighted by atomic mass is 9.93. The highest BCUT2D eigenvalue weighted by molar-refractivity contribution is 6.32. The maximum absolute atomic E-state index is 11.8. The zero-order valence-electron chi connectivity index (χ0n) is 14.6. The predicted octanol–water partition coefficient (Wildman–Crippen LogP) is 0.989. The van der Waals surface area contributed by atoms with Crippen molar-refractivity contribution in [3.63, 3.8) is 0 Å². The molecule has 0 aliphatic heterocycles. The van der Waals surface area contributed by atoms with Crippen molar-refractivity contribution in [3.8, 4) is 0 Å². The monoisotopic (exact) mass is 338 g/mol. The standard InChI is InChI=1S/C18H25ClN2O2/c1-12-6-16-14(8-15(12)19)13(7-17(22)23-16)9-20-10-18(2,3)11-21(4)5/h6-8,20H,9-11H2,1-5H3/p+2. The summed E-state index contributed by atoms with van der Waals surface area (Å²) in [5, 5.41) is 3.88. The molecule has 126 valence electrons. The fraction of sp³-hybridized carbons (Fsp3) is 0.500. The first-order chi connectivity index (χ1) is 10.7. The topological polar surface area (TPSA) is 51.3 Å². The van der Waals surface area contributed by atoms with Crippen molar-refractivity contribution in [3.05, 3.63) is 44.8 Å². The molecule has 0 unspecified atom stereocenters. The van der Waals surface area contributed by atoms with E-state index in [2.05, 4.69) is 33.3 Å². The highest BCUT2D eigenvalue weighted by Gasteiger charge is 2.23. The number of rotatable bonds is 6. The quantitative estimate of drug-likeness (QED) is 0.772. The SMILES string of the molecule is Cc1cc2oc(=O)cc(C[NH2+]CC(C)(C)C[NH+](C)C)c2cc1Cl. The van der Waals surface area contributed by atoms with Crippen LogP contribution in [0.5, 0.6) is 0 Å². The molecule has 0 atom stereocenters. The van der Waals surface area contributed by atoms with Gasteiger partial charge >= 0.3 is 5.63 Å². The Morgan fingerprint density at radius 2 is 1.96 bits per heavy atom. The summed E-state index contributed by atoms with van der Waals surface area (Å²) in [7, 11) is 4.34. The van der Waals surface area contributed by atoms with Crippen molar-refractivity contribution in [1.29, 1.82) is 0 Å². The third-order valence-electron chi connectivity index (χ3n) is 4.00. The van der Waals surface area contributed by atoms with E-state index in [1.165, 1.54) is 4.90 Å². The van der Waals surface area contributed by atoms with Crippen LogP contribution in [0.1, 0.15) is 25.0 Å². The maximum atomic E-state index is 11.8. The molecule has 0 saturated heterocycles. The zero-order valence-corrected chi connectivity index (χ0v) is 15.4. The molecule has 4 nitrogen and oxygen atoms in total. The van der Waals surface area contributed by atoms with Gasteiger partial charge in [-0.3, -0.25) is 0 Å². The van der Waals surface area contributed by atoms with Gasteiger partial charge in [0.15, 0.2) is 0 Å². The minimum absolute atomic E-state index is 0.238. The van der Waals surface area contributed by atoms with Crippen molar-refractivity contribution in [1.82, 2.24) is 0 Å². The van der Waals surface area contributed by atoms with Crippen molar-refractivity contribution in [2.75, 3.05) is 27.2 Å². The third-order valence-corrected chi connectivity index (χ3v) is 4.41. The average molecular weight is 339 g/mol. The Balaban J connectivity index is 2.20. The van der Waals surface area contributed by atoms with Gasteiger partial charge in [-0.1, -0.05) is 11.6 Å². The molecule has 0 aliphatic carbocycles. The molecule has 0 bridgehead atoms. The maximum Gasteiger partial charge on any atom is 0.336 e. The largest absolute Gasteiger partial charge is 0.423 e. The van der Waals surface area contributed by atoms with Crippen molar-refractivity contribution in [2.45, 2.75) is 27.3 Å². The minimum Gasteiger partial charge on any atom is -0.423 e. The van der Waals surface area contributed by atoms with Crippen LogP contribution in [0.2, 0.25) is 5.02 Å². The van der Waals surface area contributed by atoms with E-state index in [0.717, 1.165) is 36.1 Å². The molecule has 23 heavy (non-hydrogen) atoms. The fourth-order valence-corrected chi connectivity index (χ4v) is 3.33. The number of hydrogen-bond donors (Lipinski definition) is 2. The molecular weight excluding hydrogens is 312 g/mol. The van der Waals surface area contributed by atoms with E-state index >= 15 is 0 Å². The van der Waals surface area contributed by atoms with E-state index in [1.807, 2.05) is 19.1 Å². The summed E-state index contributed by atoms with van der Waals surface area (Å²) in [5.41, 5.74) is 2.44. The molecule has 2 aromatic rings. The van der Waals surface area contributed by atoms with Crippen molar-refractivity contribution >= 4 is 22.6 Å². The van der Waals surface area contributed by atoms with E-state index in [0.29, 0.717) is 10.6 Å². The van der Waals surface area contributed by atoms with Crippen LogP contribution in [0.25, 0.3) is 11.0 Å². The number of halogens is 1. The molecule has 0 amide bonds. The summed E-state index contributed by atoms with van der Waals surface area (Å²) >= 11 is 6.23. The van der Waals surface area contributed by atoms with Gasteiger partial charge in [-0.2, -0.15) is 0 Å². The molecule has 2 rings (SSSR count). The van der Waals surface area contributed by atoms with Crippen LogP contribution in [0.15, 0.2) is 27.4 Å². The number of fused-ring (bicyclic) bond motifs is 1. The van der Waals surface area contributed by atoms with Gasteiger partial charge in [0, 0.05) is 22.0 Å². The van der Waals surface area contributed by atoms with E-state index in [-0.39, 0.29) is 11.0 Å². The second kappa shape index (κ2) is 7.04. The van der Waals surface area contributed by atoms with Crippen LogP contribution in [0.4, 0.5) is 0 Å². The summed E-state index contributed by atoms with van der Waals surface area (Å²) in [6, 6.07) is 5.31. The fourth-order valence-electron chi connectivity index (χ4n) is 3.16. The summed E-state index contributed by atoms with van der Waals surface area (Å²) in [4.78, 5) is 13.2. The lowest BCUT2D eigenvalue weighted by Gasteiger charge is -2.24. The van der Waals surface area contributed by atoms with Gasteiger partial charge in [0.25, 0.3) is 0 Å². The Morgan fingerprint density at radius 1 is 1.26 bits per heavy atom. The van der Waals surface area contributed by atoms with Crippen LogP contribution < -0.4 is 15.8 Å². The van der Waals surface area contributed by atoms with E-state index in [4.69, 9.17) is 16.0 Å². The zero-order chi connectivity index (χ0) is 17.2. The molecule has 1 aromatic heterocycles. The second-order valence-electron chi connectivity index (χ2n) is 7.43. The Kier molecular flexibility index (Phi) is 5.50. The number of aryl methyl sites for hydroxylation is 1. The number of quaternary nitrogens is 2. The van der Waals surface area contributed by atoms with Crippen molar-refractivity contribution < 1.29 is 14.6 Å². The Morgan fingerprint density at radius 3 is 2.61 bits per heavy atom. The minimum atomic E-state index is -0.306. The Hall–Kier alpha value is -1.36. The molecule has 0 fully saturated rings. The molecule has 1 heterocycles. The summed E-state index contributed by atoms with van der Waals surface area (Å²) in [5.74, 6) is 0. The van der Waals surface area contributed by atoms with E-state index < -0.39 is 0 Å². The molecule has 3 N–H and O–H groups in total. The van der Waals surface area contributed by atoms with Gasteiger partial charge in [0.05, 0.1) is 32.6 Å². The van der Waals surface area contributed by atoms with Crippen LogP contribution in [0.3, 0.4) is 0 Å². The molecular formula is C18H27ClN2O2+2. The summed E-state index contributed by atoms with van der Waals surface area (Å²) in [6.07, 6.45) is 0. The van der Waals surface area contributed by atoms with Crippen LogP contribution >= 0.6 is 11.6 Å². The van der Waals surface area contributed by atoms with Gasteiger partial charge in [-0.05, 0) is 38.5 Å². The van der Waals surface area contributed by atoms with Crippen LogP contribution in [-0.2, 0) is 6.54 Å². The normalized spacial score (nSPS) is 12.3. The number of nitrogens with one attached hydrogen (secondary N) is 1. The molecule has 0 aliphatic rings. The van der Waals surface area contributed by atoms with Gasteiger partial charge < -0.3 is 14.6 Å². The Bertz CT molecular complexity index is 751. The summed E-state index contributed by atoms with van der Waals surface area (Å²) < 4.78 is 5.31. The smallest absolute Gasteiger partial charge is 0.336 e. The predicted molar refractivity (Wildman–Crippen MR) is 94.2 cm³/mol. The number of benzene rings is 1. The third kappa shape index (κ3) is 4.80. The number of nitrogens with two attached hydrogens (primary N) is 1. The molecule has 0 spiro atoms. The lowest BCUT2D eigenvalue weighted by molar-refractivity contribution is -0.868. The van der Waals surface area contributed by atoms with Crippen molar-refractivity contribution in [2.24, 2.45) is 5.41 Å². The van der Waals surface area contributed by atoms with Gasteiger partial charge in [-0.25, -0.2) is 4.79 Å². The van der Waals surface area contributed by atoms with Gasteiger partial charge in [0.1, 0.15) is 12.1 Å². The molecule has 5 heteroatoms. The molecule has 0 saturated carbocycles. The second-order valence-corrected chi connectivity index (χ2v) is 7.84. The van der Waals surface area contributed by atoms with E-state index in [9.17, 15) is 4.79 Å². The van der Waals surface area contributed by atoms with Crippen LogP contribution in [0, 0.1) is 12.3 Å². The van der Waals surface area contributed by atoms with Gasteiger partial charge in [-0.15, -0.1) is 0 Å². The lowest BCUT2D eigenvalue weighted by Crippen LogP contribution is -3.08. The highest BCUT2D eigenvalue weighted by atomic mass is 35.5. The average Bonchev–Trinajstić information content (AvgIpc) is 2.39.